The molecule has 1 aliphatic heterocycles. The first-order valence-corrected chi connectivity index (χ1v) is 8.87. The highest BCUT2D eigenvalue weighted by atomic mass is 79.9. The number of halogens is 3. The Bertz CT molecular complexity index is 799. The lowest BCUT2D eigenvalue weighted by atomic mass is 9.94. The van der Waals surface area contributed by atoms with Crippen LogP contribution < -0.4 is 21.9 Å². The number of hydrogen-bond donors (Lipinski definition) is 1. The Balaban J connectivity index is 0.00000208. The van der Waals surface area contributed by atoms with Crippen LogP contribution in [0, 0.1) is 6.92 Å². The third kappa shape index (κ3) is 3.70. The number of rotatable bonds is 5. The number of nitrogens with one attached hydrogen (secondary N) is 1. The van der Waals surface area contributed by atoms with Gasteiger partial charge in [-0.15, -0.1) is 0 Å². The molecule has 1 N–H and O–H groups in total. The van der Waals surface area contributed by atoms with Crippen molar-refractivity contribution in [1.29, 1.82) is 0 Å². The molecule has 0 aromatic heterocycles. The minimum absolute atomic E-state index is 0. The number of hydrogen-bond acceptors (Lipinski definition) is 1. The molecule has 0 aliphatic carbocycles. The van der Waals surface area contributed by atoms with Gasteiger partial charge in [0.2, 0.25) is 16.7 Å². The van der Waals surface area contributed by atoms with Gasteiger partial charge in [-0.25, -0.2) is 4.90 Å². The number of quaternary nitrogens is 1. The molecule has 0 saturated carbocycles. The standard InChI is InChI=1S/C19H20Cl2N2.BrH/c1-3-4-5-10-16-15-9-7-6-8-14(15)11-13(2)17(16)23-12-22-18(20)19(23)21;/h6-9,11-12H,3-5,10H2,1-2H3;1H. The van der Waals surface area contributed by atoms with Gasteiger partial charge >= 0.3 is 0 Å². The second-order valence-corrected chi connectivity index (χ2v) is 6.74. The van der Waals surface area contributed by atoms with Crippen molar-refractivity contribution >= 4 is 46.0 Å². The van der Waals surface area contributed by atoms with E-state index in [1.54, 1.807) is 6.34 Å². The number of aryl methyl sites for hydroxylation is 2. The molecule has 2 aromatic carbocycles. The Morgan fingerprint density at radius 1 is 1.12 bits per heavy atom. The van der Waals surface area contributed by atoms with Crippen molar-refractivity contribution in [3.05, 3.63) is 51.8 Å². The molecular formula is C19H21BrCl2N2. The fourth-order valence-electron chi connectivity index (χ4n) is 3.28. The first-order chi connectivity index (χ1) is 11.1. The normalized spacial score (nSPS) is 16.8. The van der Waals surface area contributed by atoms with E-state index in [4.69, 9.17) is 23.2 Å². The van der Waals surface area contributed by atoms with Crippen LogP contribution in [0.15, 0.2) is 45.6 Å². The van der Waals surface area contributed by atoms with Crippen LogP contribution in [0.2, 0.25) is 0 Å². The second-order valence-electron chi connectivity index (χ2n) is 6.00. The van der Waals surface area contributed by atoms with Crippen LogP contribution in [0.3, 0.4) is 0 Å². The van der Waals surface area contributed by atoms with Crippen LogP contribution in [-0.4, -0.2) is 6.34 Å². The molecule has 128 valence electrons. The van der Waals surface area contributed by atoms with E-state index in [1.165, 1.54) is 46.8 Å². The van der Waals surface area contributed by atoms with Crippen molar-refractivity contribution in [3.8, 4) is 0 Å². The van der Waals surface area contributed by atoms with E-state index in [9.17, 15) is 0 Å². The fraction of sp³-hybridized carbons (Fsp3) is 0.316. The van der Waals surface area contributed by atoms with Gasteiger partial charge in [-0.05, 0) is 48.2 Å². The van der Waals surface area contributed by atoms with Crippen LogP contribution >= 0.6 is 23.2 Å². The maximum absolute atomic E-state index is 6.41. The van der Waals surface area contributed by atoms with Gasteiger partial charge in [0.25, 0.3) is 0 Å². The van der Waals surface area contributed by atoms with E-state index < -0.39 is 0 Å². The molecule has 0 amide bonds. The van der Waals surface area contributed by atoms with Crippen LogP contribution in [0.5, 0.6) is 0 Å². The van der Waals surface area contributed by atoms with Gasteiger partial charge in [-0.1, -0.05) is 55.6 Å². The van der Waals surface area contributed by atoms with E-state index in [2.05, 4.69) is 49.2 Å². The summed E-state index contributed by atoms with van der Waals surface area (Å²) in [5, 5.41) is 3.52. The maximum Gasteiger partial charge on any atom is 0.249 e. The molecule has 1 heterocycles. The van der Waals surface area contributed by atoms with Crippen LogP contribution in [0.4, 0.5) is 5.69 Å². The topological polar surface area (TPSA) is 16.8 Å². The summed E-state index contributed by atoms with van der Waals surface area (Å²) in [6, 6.07) is 10.8. The summed E-state index contributed by atoms with van der Waals surface area (Å²) >= 11 is 12.5. The molecule has 1 aliphatic rings. The minimum atomic E-state index is 0. The molecule has 2 aromatic rings. The Kier molecular flexibility index (Phi) is 6.88. The second kappa shape index (κ2) is 8.48. The molecule has 24 heavy (non-hydrogen) atoms. The first kappa shape index (κ1) is 19.5. The number of unbranched alkanes of at least 4 members (excludes halogenated alkanes) is 2. The average Bonchev–Trinajstić information content (AvgIpc) is 2.87. The quantitative estimate of drug-likeness (QED) is 0.555. The highest BCUT2D eigenvalue weighted by Crippen LogP contribution is 2.30. The Hall–Kier alpha value is -0.870. The average molecular weight is 428 g/mol. The van der Waals surface area contributed by atoms with Crippen molar-refractivity contribution < 1.29 is 21.9 Å². The van der Waals surface area contributed by atoms with Crippen LogP contribution in [0.25, 0.3) is 10.8 Å². The molecule has 0 bridgehead atoms. The highest BCUT2D eigenvalue weighted by Gasteiger charge is 2.29. The van der Waals surface area contributed by atoms with Crippen molar-refractivity contribution in [2.24, 2.45) is 4.99 Å². The summed E-state index contributed by atoms with van der Waals surface area (Å²) in [6.45, 7) is 4.37. The van der Waals surface area contributed by atoms with Crippen LogP contribution in [-0.2, 0) is 6.42 Å². The number of aliphatic imine (C=N–C) groups is 1. The molecule has 0 spiro atoms. The number of fused-ring (bicyclic) bond motifs is 1. The summed E-state index contributed by atoms with van der Waals surface area (Å²) in [5.74, 6) is 0. The predicted molar refractivity (Wildman–Crippen MR) is 99.8 cm³/mol. The van der Waals surface area contributed by atoms with Crippen molar-refractivity contribution in [3.63, 3.8) is 0 Å². The summed E-state index contributed by atoms with van der Waals surface area (Å²) < 4.78 is 0. The van der Waals surface area contributed by atoms with Crippen molar-refractivity contribution in [2.75, 3.05) is 0 Å². The molecular weight excluding hydrogens is 407 g/mol. The van der Waals surface area contributed by atoms with Gasteiger partial charge in [0.15, 0.2) is 0 Å². The zero-order chi connectivity index (χ0) is 16.4. The SMILES string of the molecule is CCCCCc1c([NH+]2C=NC(Cl)=C2Cl)c(C)cc2ccccc12.[Br-]. The van der Waals surface area contributed by atoms with E-state index in [0.29, 0.717) is 10.3 Å². The Labute approximate surface area is 163 Å². The minimum Gasteiger partial charge on any atom is -1.00 e. The summed E-state index contributed by atoms with van der Waals surface area (Å²) in [6.07, 6.45) is 6.46. The molecule has 0 saturated heterocycles. The summed E-state index contributed by atoms with van der Waals surface area (Å²) in [7, 11) is 0. The summed E-state index contributed by atoms with van der Waals surface area (Å²) in [4.78, 5) is 5.14. The molecule has 1 unspecified atom stereocenters. The molecule has 2 nitrogen and oxygen atoms in total. The third-order valence-corrected chi connectivity index (χ3v) is 5.14. The van der Waals surface area contributed by atoms with Gasteiger partial charge in [0, 0.05) is 11.1 Å². The van der Waals surface area contributed by atoms with Gasteiger partial charge in [-0.3, -0.25) is 0 Å². The van der Waals surface area contributed by atoms with Crippen molar-refractivity contribution in [1.82, 2.24) is 0 Å². The van der Waals surface area contributed by atoms with Gasteiger partial charge in [-0.2, -0.15) is 4.99 Å². The fourth-order valence-corrected chi connectivity index (χ4v) is 3.62. The Morgan fingerprint density at radius 3 is 2.54 bits per heavy atom. The molecule has 5 heteroatoms. The van der Waals surface area contributed by atoms with Gasteiger partial charge < -0.3 is 17.0 Å². The van der Waals surface area contributed by atoms with E-state index in [-0.39, 0.29) is 17.0 Å². The molecule has 0 fully saturated rings. The zero-order valence-corrected chi connectivity index (χ0v) is 17.0. The lowest BCUT2D eigenvalue weighted by Crippen LogP contribution is -3.03. The van der Waals surface area contributed by atoms with Crippen molar-refractivity contribution in [2.45, 2.75) is 39.5 Å². The predicted octanol–water partition coefficient (Wildman–Crippen LogP) is 2.05. The zero-order valence-electron chi connectivity index (χ0n) is 13.9. The van der Waals surface area contributed by atoms with Crippen LogP contribution in [0.1, 0.15) is 37.3 Å². The lowest BCUT2D eigenvalue weighted by molar-refractivity contribution is -0.664. The number of benzene rings is 2. The first-order valence-electron chi connectivity index (χ1n) is 8.11. The van der Waals surface area contributed by atoms with E-state index >= 15 is 0 Å². The van der Waals surface area contributed by atoms with Gasteiger partial charge in [0.1, 0.15) is 5.69 Å². The maximum atomic E-state index is 6.41. The molecule has 3 rings (SSSR count). The Morgan fingerprint density at radius 2 is 1.88 bits per heavy atom. The third-order valence-electron chi connectivity index (χ3n) is 4.38. The summed E-state index contributed by atoms with van der Waals surface area (Å²) in [5.41, 5.74) is 3.78. The number of nitrogens with zero attached hydrogens (tertiary/aromatic N) is 1. The lowest BCUT2D eigenvalue weighted by Gasteiger charge is -2.18. The monoisotopic (exact) mass is 426 g/mol. The van der Waals surface area contributed by atoms with E-state index in [1.807, 2.05) is 0 Å². The molecule has 1 atom stereocenters. The van der Waals surface area contributed by atoms with E-state index in [0.717, 1.165) is 11.3 Å². The molecule has 0 radical (unpaired) electrons. The highest BCUT2D eigenvalue weighted by molar-refractivity contribution is 6.39. The van der Waals surface area contributed by atoms with Gasteiger partial charge in [0.05, 0.1) is 0 Å². The largest absolute Gasteiger partial charge is 1.00 e. The smallest absolute Gasteiger partial charge is 0.249 e.